The van der Waals surface area contributed by atoms with Crippen molar-refractivity contribution in [2.24, 2.45) is 0 Å². The Morgan fingerprint density at radius 3 is 2.53 bits per heavy atom. The van der Waals surface area contributed by atoms with Crippen molar-refractivity contribution in [3.63, 3.8) is 0 Å². The van der Waals surface area contributed by atoms with Gasteiger partial charge in [0, 0.05) is 6.54 Å². The second-order valence-corrected chi connectivity index (χ2v) is 6.20. The third-order valence-electron chi connectivity index (χ3n) is 4.64. The maximum Gasteiger partial charge on any atom is 0.0163 e. The van der Waals surface area contributed by atoms with Crippen molar-refractivity contribution in [1.82, 2.24) is 4.90 Å². The summed E-state index contributed by atoms with van der Waals surface area (Å²) in [5.74, 6) is 0. The molecule has 0 saturated heterocycles. The molecule has 2 aliphatic rings. The van der Waals surface area contributed by atoms with Crippen LogP contribution in [-0.2, 0) is 5.41 Å². The summed E-state index contributed by atoms with van der Waals surface area (Å²) < 4.78 is 0. The summed E-state index contributed by atoms with van der Waals surface area (Å²) in [6.07, 6.45) is 9.32. The smallest absolute Gasteiger partial charge is 0.0163 e. The zero-order valence-electron chi connectivity index (χ0n) is 12.0. The minimum atomic E-state index is 0. The summed E-state index contributed by atoms with van der Waals surface area (Å²) in [4.78, 5) is 2.25. The number of likely N-dealkylation sites (N-methyl/N-ethyl adjacent to an activating group) is 1. The molecule has 1 nitrogen and oxygen atoms in total. The van der Waals surface area contributed by atoms with Crippen LogP contribution in [0.5, 0.6) is 0 Å². The first-order valence-corrected chi connectivity index (χ1v) is 7.15. The highest BCUT2D eigenvalue weighted by Gasteiger charge is 2.42. The Bertz CT molecular complexity index is 470. The lowest BCUT2D eigenvalue weighted by Gasteiger charge is -2.23. The first-order chi connectivity index (χ1) is 8.71. The maximum absolute atomic E-state index is 2.44. The van der Waals surface area contributed by atoms with Crippen LogP contribution in [-0.4, -0.2) is 25.5 Å². The lowest BCUT2D eigenvalue weighted by atomic mass is 9.80. The van der Waals surface area contributed by atoms with Gasteiger partial charge in [-0.3, -0.25) is 0 Å². The molecular formula is C17H24ClN. The fourth-order valence-electron chi connectivity index (χ4n) is 3.75. The van der Waals surface area contributed by atoms with Crippen molar-refractivity contribution in [3.05, 3.63) is 41.5 Å². The summed E-state index contributed by atoms with van der Waals surface area (Å²) in [5, 5.41) is 0. The fourth-order valence-corrected chi connectivity index (χ4v) is 3.75. The second kappa shape index (κ2) is 5.68. The number of fused-ring (bicyclic) bond motifs is 2. The van der Waals surface area contributed by atoms with Crippen LogP contribution in [0.3, 0.4) is 0 Å². The van der Waals surface area contributed by atoms with Gasteiger partial charge in [-0.05, 0) is 55.5 Å². The first-order valence-electron chi connectivity index (χ1n) is 7.15. The normalized spacial score (nSPS) is 21.9. The van der Waals surface area contributed by atoms with Gasteiger partial charge < -0.3 is 4.90 Å². The number of allylic oxidation sites excluding steroid dienone is 1. The van der Waals surface area contributed by atoms with Gasteiger partial charge in [-0.1, -0.05) is 43.2 Å². The average Bonchev–Trinajstić information content (AvgIpc) is 2.95. The second-order valence-electron chi connectivity index (χ2n) is 6.20. The minimum absolute atomic E-state index is 0. The van der Waals surface area contributed by atoms with Gasteiger partial charge in [0.2, 0.25) is 0 Å². The molecule has 0 aromatic heterocycles. The van der Waals surface area contributed by atoms with Crippen LogP contribution in [0.15, 0.2) is 30.3 Å². The van der Waals surface area contributed by atoms with E-state index in [0.29, 0.717) is 5.41 Å². The van der Waals surface area contributed by atoms with Gasteiger partial charge in [0.05, 0.1) is 0 Å². The predicted molar refractivity (Wildman–Crippen MR) is 85.0 cm³/mol. The summed E-state index contributed by atoms with van der Waals surface area (Å²) in [6, 6.07) is 9.10. The van der Waals surface area contributed by atoms with Crippen molar-refractivity contribution in [2.75, 3.05) is 20.6 Å². The number of halogens is 1. The molecule has 1 spiro atoms. The molecule has 104 valence electrons. The molecule has 0 atom stereocenters. The number of rotatable bonds is 2. The van der Waals surface area contributed by atoms with Crippen molar-refractivity contribution < 1.29 is 0 Å². The molecule has 2 aliphatic carbocycles. The van der Waals surface area contributed by atoms with Crippen LogP contribution >= 0.6 is 12.4 Å². The van der Waals surface area contributed by atoms with Crippen LogP contribution in [0.1, 0.15) is 43.2 Å². The summed E-state index contributed by atoms with van der Waals surface area (Å²) >= 11 is 0. The van der Waals surface area contributed by atoms with E-state index in [0.717, 1.165) is 6.54 Å². The van der Waals surface area contributed by atoms with Crippen LogP contribution in [0, 0.1) is 0 Å². The Morgan fingerprint density at radius 1 is 1.16 bits per heavy atom. The predicted octanol–water partition coefficient (Wildman–Crippen LogP) is 4.27. The van der Waals surface area contributed by atoms with E-state index in [1.807, 2.05) is 0 Å². The Balaban J connectivity index is 0.00000133. The van der Waals surface area contributed by atoms with Crippen LogP contribution in [0.2, 0.25) is 0 Å². The van der Waals surface area contributed by atoms with Gasteiger partial charge in [0.25, 0.3) is 0 Å². The standard InChI is InChI=1S/C17H23N.ClH/c1-18(2)12-9-14-13-17(10-5-6-11-17)16-8-4-3-7-15(14)16;/h3-4,7-9H,5-6,10-13H2,1-2H3;1H. The van der Waals surface area contributed by atoms with E-state index in [4.69, 9.17) is 0 Å². The van der Waals surface area contributed by atoms with E-state index in [9.17, 15) is 0 Å². The molecule has 0 unspecified atom stereocenters. The molecular weight excluding hydrogens is 254 g/mol. The third kappa shape index (κ3) is 2.59. The van der Waals surface area contributed by atoms with Gasteiger partial charge >= 0.3 is 0 Å². The lowest BCUT2D eigenvalue weighted by Crippen LogP contribution is -2.17. The number of nitrogens with zero attached hydrogens (tertiary/aromatic N) is 1. The monoisotopic (exact) mass is 277 g/mol. The van der Waals surface area contributed by atoms with Gasteiger partial charge in [-0.2, -0.15) is 0 Å². The highest BCUT2D eigenvalue weighted by atomic mass is 35.5. The van der Waals surface area contributed by atoms with Gasteiger partial charge in [0.1, 0.15) is 0 Å². The van der Waals surface area contributed by atoms with E-state index >= 15 is 0 Å². The van der Waals surface area contributed by atoms with E-state index in [1.165, 1.54) is 37.7 Å². The molecule has 1 saturated carbocycles. The number of hydrogen-bond donors (Lipinski definition) is 0. The van der Waals surface area contributed by atoms with E-state index in [2.05, 4.69) is 49.3 Å². The summed E-state index contributed by atoms with van der Waals surface area (Å²) in [7, 11) is 4.28. The van der Waals surface area contributed by atoms with Crippen molar-refractivity contribution in [2.45, 2.75) is 37.5 Å². The van der Waals surface area contributed by atoms with Gasteiger partial charge in [-0.15, -0.1) is 12.4 Å². The number of benzene rings is 1. The topological polar surface area (TPSA) is 3.24 Å². The van der Waals surface area contributed by atoms with Gasteiger partial charge in [-0.25, -0.2) is 0 Å². The fraction of sp³-hybridized carbons (Fsp3) is 0.529. The Labute approximate surface area is 123 Å². The molecule has 0 bridgehead atoms. The molecule has 3 rings (SSSR count). The molecule has 0 aliphatic heterocycles. The van der Waals surface area contributed by atoms with E-state index < -0.39 is 0 Å². The van der Waals surface area contributed by atoms with E-state index in [-0.39, 0.29) is 12.4 Å². The quantitative estimate of drug-likeness (QED) is 0.780. The van der Waals surface area contributed by atoms with E-state index in [1.54, 1.807) is 11.1 Å². The molecule has 2 heteroatoms. The molecule has 1 aromatic carbocycles. The average molecular weight is 278 g/mol. The van der Waals surface area contributed by atoms with Crippen LogP contribution in [0.25, 0.3) is 5.57 Å². The molecule has 1 aromatic rings. The van der Waals surface area contributed by atoms with Crippen LogP contribution < -0.4 is 0 Å². The van der Waals surface area contributed by atoms with Crippen LogP contribution in [0.4, 0.5) is 0 Å². The molecule has 0 N–H and O–H groups in total. The zero-order valence-corrected chi connectivity index (χ0v) is 12.8. The largest absolute Gasteiger partial charge is 0.306 e. The Kier molecular flexibility index (Phi) is 4.37. The highest BCUT2D eigenvalue weighted by Crippen LogP contribution is 2.54. The minimum Gasteiger partial charge on any atom is -0.306 e. The van der Waals surface area contributed by atoms with Crippen molar-refractivity contribution in [1.29, 1.82) is 0 Å². The van der Waals surface area contributed by atoms with Crippen molar-refractivity contribution in [3.8, 4) is 0 Å². The Hall–Kier alpha value is -0.790. The summed E-state index contributed by atoms with van der Waals surface area (Å²) in [6.45, 7) is 1.06. The first kappa shape index (κ1) is 14.6. The van der Waals surface area contributed by atoms with Crippen molar-refractivity contribution >= 4 is 18.0 Å². The highest BCUT2D eigenvalue weighted by molar-refractivity contribution is 5.85. The van der Waals surface area contributed by atoms with Gasteiger partial charge in [0.15, 0.2) is 0 Å². The SMILES string of the molecule is CN(C)CC=C1CC2(CCCC2)c2ccccc21.Cl. The summed E-state index contributed by atoms with van der Waals surface area (Å²) in [5.41, 5.74) is 5.24. The maximum atomic E-state index is 2.44. The Morgan fingerprint density at radius 2 is 1.84 bits per heavy atom. The third-order valence-corrected chi connectivity index (χ3v) is 4.64. The lowest BCUT2D eigenvalue weighted by molar-refractivity contribution is 0.453. The molecule has 19 heavy (non-hydrogen) atoms. The molecule has 0 heterocycles. The zero-order chi connectivity index (χ0) is 12.6. The molecule has 1 fully saturated rings. The number of hydrogen-bond acceptors (Lipinski definition) is 1. The molecule has 0 amide bonds. The molecule has 0 radical (unpaired) electrons.